The standard InChI is InChI=1S/C16H9BF6O6/c17-15(25,26)29-13-6-10(28-16(21,22)23)2-4-12(13)27-11-3-1-9(14(18,19)20)5-8(11)7-24/h1-7,25-26H. The monoisotopic (exact) mass is 422 g/mol. The minimum Gasteiger partial charge on any atom is -0.453 e. The molecule has 2 aromatic rings. The number of rotatable bonds is 6. The number of carbonyl (C=O) groups is 1. The topological polar surface area (TPSA) is 85.2 Å². The number of alkyl halides is 6. The van der Waals surface area contributed by atoms with Gasteiger partial charge in [0.15, 0.2) is 17.8 Å². The van der Waals surface area contributed by atoms with E-state index in [0.29, 0.717) is 18.2 Å². The van der Waals surface area contributed by atoms with Crippen molar-refractivity contribution in [3.63, 3.8) is 0 Å². The van der Waals surface area contributed by atoms with Crippen molar-refractivity contribution in [1.29, 1.82) is 0 Å². The van der Waals surface area contributed by atoms with E-state index in [9.17, 15) is 31.1 Å². The molecule has 2 rings (SSSR count). The molecule has 2 radical (unpaired) electrons. The third-order valence-corrected chi connectivity index (χ3v) is 3.09. The first kappa shape index (κ1) is 22.4. The molecule has 29 heavy (non-hydrogen) atoms. The van der Waals surface area contributed by atoms with Gasteiger partial charge in [0.05, 0.1) is 11.1 Å². The fourth-order valence-corrected chi connectivity index (χ4v) is 2.04. The van der Waals surface area contributed by atoms with Crippen LogP contribution >= 0.6 is 0 Å². The van der Waals surface area contributed by atoms with Gasteiger partial charge in [0.25, 0.3) is 5.87 Å². The van der Waals surface area contributed by atoms with Crippen LogP contribution in [0.3, 0.4) is 0 Å². The third kappa shape index (κ3) is 6.57. The fraction of sp³-hybridized carbons (Fsp3) is 0.188. The Morgan fingerprint density at radius 3 is 2.00 bits per heavy atom. The van der Waals surface area contributed by atoms with Gasteiger partial charge < -0.3 is 24.4 Å². The molecule has 0 saturated heterocycles. The first-order valence-electron chi connectivity index (χ1n) is 7.34. The highest BCUT2D eigenvalue weighted by Gasteiger charge is 2.33. The molecule has 0 aliphatic carbocycles. The van der Waals surface area contributed by atoms with Crippen LogP contribution in [0.25, 0.3) is 0 Å². The van der Waals surface area contributed by atoms with Crippen LogP contribution in [0.1, 0.15) is 15.9 Å². The Morgan fingerprint density at radius 2 is 1.48 bits per heavy atom. The van der Waals surface area contributed by atoms with Gasteiger partial charge in [-0.15, -0.1) is 13.2 Å². The number of carbonyl (C=O) groups excluding carboxylic acids is 1. The molecule has 13 heteroatoms. The zero-order valence-corrected chi connectivity index (χ0v) is 13.9. The normalized spacial score (nSPS) is 12.4. The molecule has 0 atom stereocenters. The van der Waals surface area contributed by atoms with Crippen molar-refractivity contribution in [3.8, 4) is 23.0 Å². The summed E-state index contributed by atoms with van der Waals surface area (Å²) in [6.45, 7) is 0. The fourth-order valence-electron chi connectivity index (χ4n) is 2.04. The molecule has 0 spiro atoms. The van der Waals surface area contributed by atoms with Gasteiger partial charge >= 0.3 is 12.5 Å². The highest BCUT2D eigenvalue weighted by atomic mass is 19.4. The number of hydrogen-bond acceptors (Lipinski definition) is 6. The maximum atomic E-state index is 12.7. The van der Waals surface area contributed by atoms with Gasteiger partial charge in [0.2, 0.25) is 7.85 Å². The van der Waals surface area contributed by atoms with E-state index >= 15 is 0 Å². The average molecular weight is 422 g/mol. The maximum absolute atomic E-state index is 12.7. The molecule has 0 bridgehead atoms. The summed E-state index contributed by atoms with van der Waals surface area (Å²) >= 11 is 0. The molecule has 0 fully saturated rings. The summed E-state index contributed by atoms with van der Waals surface area (Å²) in [4.78, 5) is 11.1. The molecule has 2 aromatic carbocycles. The van der Waals surface area contributed by atoms with Crippen LogP contribution in [0, 0.1) is 0 Å². The molecular formula is C16H9BF6O6. The van der Waals surface area contributed by atoms with Crippen molar-refractivity contribution in [1.82, 2.24) is 0 Å². The number of halogens is 6. The molecule has 0 heterocycles. The Labute approximate surface area is 159 Å². The second kappa shape index (κ2) is 7.83. The second-order valence-corrected chi connectivity index (χ2v) is 5.39. The summed E-state index contributed by atoms with van der Waals surface area (Å²) in [6.07, 6.45) is -9.78. The molecule has 0 aromatic heterocycles. The summed E-state index contributed by atoms with van der Waals surface area (Å²) in [6, 6.07) is 3.94. The van der Waals surface area contributed by atoms with Crippen molar-refractivity contribution in [2.24, 2.45) is 0 Å². The first-order chi connectivity index (χ1) is 13.2. The van der Waals surface area contributed by atoms with Gasteiger partial charge in [0.1, 0.15) is 11.5 Å². The van der Waals surface area contributed by atoms with Crippen LogP contribution in [0.15, 0.2) is 36.4 Å². The molecule has 0 aliphatic rings. The predicted molar refractivity (Wildman–Crippen MR) is 83.6 cm³/mol. The number of benzene rings is 2. The third-order valence-electron chi connectivity index (χ3n) is 3.09. The van der Waals surface area contributed by atoms with E-state index in [-0.39, 0.29) is 6.29 Å². The van der Waals surface area contributed by atoms with Crippen LogP contribution in [0.5, 0.6) is 23.0 Å². The molecule has 0 saturated carbocycles. The SMILES string of the molecule is [B]C(O)(O)Oc1cc(OC(F)(F)F)ccc1Oc1ccc(C(F)(F)F)cc1C=O. The van der Waals surface area contributed by atoms with Gasteiger partial charge in [-0.1, -0.05) is 0 Å². The molecular weight excluding hydrogens is 413 g/mol. The molecule has 2 N–H and O–H groups in total. The summed E-state index contributed by atoms with van der Waals surface area (Å²) < 4.78 is 88.5. The lowest BCUT2D eigenvalue weighted by molar-refractivity contribution is -0.274. The molecule has 0 amide bonds. The van der Waals surface area contributed by atoms with Gasteiger partial charge in [-0.25, -0.2) is 0 Å². The van der Waals surface area contributed by atoms with Crippen molar-refractivity contribution in [2.75, 3.05) is 0 Å². The Kier molecular flexibility index (Phi) is 6.04. The van der Waals surface area contributed by atoms with Crippen molar-refractivity contribution in [3.05, 3.63) is 47.5 Å². The molecule has 0 aliphatic heterocycles. The lowest BCUT2D eigenvalue weighted by atomic mass is 10.1. The quantitative estimate of drug-likeness (QED) is 0.322. The van der Waals surface area contributed by atoms with Crippen molar-refractivity contribution in [2.45, 2.75) is 18.4 Å². The Morgan fingerprint density at radius 1 is 0.862 bits per heavy atom. The smallest absolute Gasteiger partial charge is 0.453 e. The largest absolute Gasteiger partial charge is 0.573 e. The van der Waals surface area contributed by atoms with E-state index < -0.39 is 52.5 Å². The van der Waals surface area contributed by atoms with Gasteiger partial charge in [-0.05, 0) is 30.3 Å². The molecule has 154 valence electrons. The van der Waals surface area contributed by atoms with Gasteiger partial charge in [-0.2, -0.15) is 13.2 Å². The van der Waals surface area contributed by atoms with Crippen LogP contribution in [-0.4, -0.2) is 36.6 Å². The number of hydrogen-bond donors (Lipinski definition) is 2. The zero-order chi connectivity index (χ0) is 22.0. The number of aldehydes is 1. The second-order valence-electron chi connectivity index (χ2n) is 5.39. The van der Waals surface area contributed by atoms with Crippen molar-refractivity contribution >= 4 is 14.1 Å². The van der Waals surface area contributed by atoms with Gasteiger partial charge in [-0.3, -0.25) is 4.79 Å². The van der Waals surface area contributed by atoms with E-state index in [2.05, 4.69) is 9.47 Å². The average Bonchev–Trinajstić information content (AvgIpc) is 2.53. The van der Waals surface area contributed by atoms with Crippen LogP contribution < -0.4 is 14.2 Å². The van der Waals surface area contributed by atoms with E-state index in [1.165, 1.54) is 0 Å². The maximum Gasteiger partial charge on any atom is 0.573 e. The number of ether oxygens (including phenoxy) is 3. The highest BCUT2D eigenvalue weighted by Crippen LogP contribution is 2.39. The van der Waals surface area contributed by atoms with E-state index in [0.717, 1.165) is 18.2 Å². The van der Waals surface area contributed by atoms with Gasteiger partial charge in [0, 0.05) is 6.07 Å². The zero-order valence-electron chi connectivity index (χ0n) is 13.9. The van der Waals surface area contributed by atoms with Crippen LogP contribution in [-0.2, 0) is 6.18 Å². The van der Waals surface area contributed by atoms with E-state index in [1.54, 1.807) is 0 Å². The highest BCUT2D eigenvalue weighted by molar-refractivity contribution is 6.12. The Balaban J connectivity index is 2.44. The van der Waals surface area contributed by atoms with E-state index in [4.69, 9.17) is 22.8 Å². The summed E-state index contributed by atoms with van der Waals surface area (Å²) in [5.74, 6) is -5.92. The Hall–Kier alpha value is -2.93. The first-order valence-corrected chi connectivity index (χ1v) is 7.34. The minimum absolute atomic E-state index is 0.0531. The van der Waals surface area contributed by atoms with Crippen molar-refractivity contribution < 1.29 is 55.6 Å². The number of aliphatic hydroxyl groups is 2. The lowest BCUT2D eigenvalue weighted by Crippen LogP contribution is -2.35. The lowest BCUT2D eigenvalue weighted by Gasteiger charge is -2.22. The van der Waals surface area contributed by atoms with E-state index in [1.807, 2.05) is 0 Å². The molecule has 0 unspecified atom stereocenters. The van der Waals surface area contributed by atoms with Crippen LogP contribution in [0.4, 0.5) is 26.3 Å². The Bertz CT molecular complexity index is 891. The predicted octanol–water partition coefficient (Wildman–Crippen LogP) is 3.35. The summed E-state index contributed by atoms with van der Waals surface area (Å²) in [5.41, 5.74) is -1.70. The minimum atomic E-state index is -5.09. The summed E-state index contributed by atoms with van der Waals surface area (Å²) in [7, 11) is 4.82. The molecule has 6 nitrogen and oxygen atoms in total. The van der Waals surface area contributed by atoms with Crippen LogP contribution in [0.2, 0.25) is 0 Å². The summed E-state index contributed by atoms with van der Waals surface area (Å²) in [5, 5.41) is 18.2.